The predicted molar refractivity (Wildman–Crippen MR) is 135 cm³/mol. The van der Waals surface area contributed by atoms with Crippen LogP contribution in [-0.4, -0.2) is 64.3 Å². The second kappa shape index (κ2) is 9.95. The van der Waals surface area contributed by atoms with Gasteiger partial charge in [0.15, 0.2) is 0 Å². The molecule has 3 saturated heterocycles. The maximum Gasteiger partial charge on any atom is 0.312 e. The lowest BCUT2D eigenvalue weighted by Gasteiger charge is -2.39. The lowest BCUT2D eigenvalue weighted by atomic mass is 9.65. The Hall–Kier alpha value is -2.16. The minimum absolute atomic E-state index is 0.0788. The average Bonchev–Trinajstić information content (AvgIpc) is 3.46. The first-order valence-electron chi connectivity index (χ1n) is 13.0. The number of aryl methyl sites for hydroxylation is 1. The van der Waals surface area contributed by atoms with Gasteiger partial charge in [0, 0.05) is 0 Å². The number of carbonyl (C=O) groups is 3. The van der Waals surface area contributed by atoms with Crippen molar-refractivity contribution in [3.63, 3.8) is 0 Å². The average molecular weight is 521 g/mol. The molecule has 1 aromatic carbocycles. The SMILES string of the molecule is CCOC(=O)[C@H]1[C@H]2C(=O)N([C@@H](CO)[C@@H](C)CC)C(C(=O)Nc3c(C)cccc3Cl)C23CC[C@]1(CC)O3. The number of rotatable bonds is 9. The van der Waals surface area contributed by atoms with Gasteiger partial charge in [0.25, 0.3) is 0 Å². The van der Waals surface area contributed by atoms with Crippen LogP contribution in [0.15, 0.2) is 18.2 Å². The molecule has 0 aliphatic carbocycles. The van der Waals surface area contributed by atoms with Gasteiger partial charge in [-0.3, -0.25) is 14.4 Å². The normalized spacial score (nSPS) is 32.4. The van der Waals surface area contributed by atoms with Crippen molar-refractivity contribution in [2.45, 2.75) is 83.6 Å². The Kier molecular flexibility index (Phi) is 7.43. The number of amides is 2. The molecule has 1 spiro atoms. The van der Waals surface area contributed by atoms with Crippen molar-refractivity contribution in [3.05, 3.63) is 28.8 Å². The number of nitrogens with zero attached hydrogens (tertiary/aromatic N) is 1. The van der Waals surface area contributed by atoms with Gasteiger partial charge in [-0.15, -0.1) is 0 Å². The molecule has 0 radical (unpaired) electrons. The highest BCUT2D eigenvalue weighted by molar-refractivity contribution is 6.34. The Morgan fingerprint density at radius 3 is 2.61 bits per heavy atom. The summed E-state index contributed by atoms with van der Waals surface area (Å²) in [6, 6.07) is 3.71. The Balaban J connectivity index is 1.84. The molecule has 3 aliphatic rings. The lowest BCUT2D eigenvalue weighted by molar-refractivity contribution is -0.162. The number of likely N-dealkylation sites (tertiary alicyclic amines) is 1. The van der Waals surface area contributed by atoms with Crippen molar-refractivity contribution in [2.75, 3.05) is 18.5 Å². The van der Waals surface area contributed by atoms with Crippen molar-refractivity contribution in [1.82, 2.24) is 4.90 Å². The Labute approximate surface area is 217 Å². The van der Waals surface area contributed by atoms with Crippen molar-refractivity contribution >= 4 is 35.1 Å². The number of carbonyl (C=O) groups excluding carboxylic acids is 3. The van der Waals surface area contributed by atoms with Crippen molar-refractivity contribution in [2.24, 2.45) is 17.8 Å². The number of aliphatic hydroxyl groups is 1. The van der Waals surface area contributed by atoms with E-state index in [0.29, 0.717) is 36.4 Å². The van der Waals surface area contributed by atoms with Crippen molar-refractivity contribution in [3.8, 4) is 0 Å². The molecule has 0 aromatic heterocycles. The number of fused-ring (bicyclic) bond motifs is 1. The molecule has 2 N–H and O–H groups in total. The van der Waals surface area contributed by atoms with Gasteiger partial charge in [-0.2, -0.15) is 0 Å². The summed E-state index contributed by atoms with van der Waals surface area (Å²) in [5.74, 6) is -2.97. The second-order valence-electron chi connectivity index (χ2n) is 10.4. The molecule has 2 amide bonds. The van der Waals surface area contributed by atoms with Gasteiger partial charge in [0.1, 0.15) is 17.6 Å². The van der Waals surface area contributed by atoms with Crippen LogP contribution in [0.2, 0.25) is 5.02 Å². The van der Waals surface area contributed by atoms with Gasteiger partial charge in [-0.1, -0.05) is 50.9 Å². The van der Waals surface area contributed by atoms with Crippen molar-refractivity contribution in [1.29, 1.82) is 0 Å². The van der Waals surface area contributed by atoms with Crippen LogP contribution in [0.5, 0.6) is 0 Å². The van der Waals surface area contributed by atoms with Crippen LogP contribution >= 0.6 is 11.6 Å². The fourth-order valence-electron chi connectivity index (χ4n) is 6.70. The zero-order valence-corrected chi connectivity index (χ0v) is 22.4. The zero-order valence-electron chi connectivity index (χ0n) is 21.7. The quantitative estimate of drug-likeness (QED) is 0.481. The van der Waals surface area contributed by atoms with Crippen LogP contribution in [0.25, 0.3) is 0 Å². The molecule has 2 unspecified atom stereocenters. The molecule has 8 nitrogen and oxygen atoms in total. The number of halogens is 1. The summed E-state index contributed by atoms with van der Waals surface area (Å²) in [5.41, 5.74) is -0.791. The predicted octanol–water partition coefficient (Wildman–Crippen LogP) is 3.71. The summed E-state index contributed by atoms with van der Waals surface area (Å²) in [7, 11) is 0. The standard InChI is InChI=1S/C27H37ClN2O6/c1-6-15(4)18(14-31)30-22(23(32)29-21-16(5)10-9-11-17(21)28)27-13-12-26(7-2,36-27)20(19(27)24(30)33)25(34)35-8-3/h9-11,15,18-20,22,31H,6-8,12-14H2,1-5H3,(H,29,32)/t15-,18-,19-,20+,22?,26-,27?/m0/s1. The van der Waals surface area contributed by atoms with Crippen LogP contribution in [-0.2, 0) is 23.9 Å². The smallest absolute Gasteiger partial charge is 0.312 e. The molecule has 3 heterocycles. The van der Waals surface area contributed by atoms with Crippen LogP contribution in [0, 0.1) is 24.7 Å². The summed E-state index contributed by atoms with van der Waals surface area (Å²) in [5, 5.41) is 13.7. The maximum atomic E-state index is 14.2. The lowest BCUT2D eigenvalue weighted by Crippen LogP contribution is -2.57. The van der Waals surface area contributed by atoms with Crippen LogP contribution in [0.4, 0.5) is 5.69 Å². The molecule has 1 aromatic rings. The summed E-state index contributed by atoms with van der Waals surface area (Å²) in [6.45, 7) is 9.32. The molecule has 9 heteroatoms. The van der Waals surface area contributed by atoms with E-state index in [4.69, 9.17) is 21.1 Å². The van der Waals surface area contributed by atoms with Gasteiger partial charge >= 0.3 is 5.97 Å². The molecule has 4 rings (SSSR count). The largest absolute Gasteiger partial charge is 0.466 e. The number of ether oxygens (including phenoxy) is 2. The molecular formula is C27H37ClN2O6. The second-order valence-corrected chi connectivity index (χ2v) is 10.8. The fraction of sp³-hybridized carbons (Fsp3) is 0.667. The molecule has 3 aliphatic heterocycles. The third kappa shape index (κ3) is 3.84. The number of para-hydroxylation sites is 1. The first-order valence-corrected chi connectivity index (χ1v) is 13.4. The zero-order chi connectivity index (χ0) is 26.4. The van der Waals surface area contributed by atoms with E-state index in [1.54, 1.807) is 19.1 Å². The first kappa shape index (κ1) is 26.9. The van der Waals surface area contributed by atoms with E-state index in [-0.39, 0.29) is 25.0 Å². The number of hydrogen-bond donors (Lipinski definition) is 2. The fourth-order valence-corrected chi connectivity index (χ4v) is 6.97. The van der Waals surface area contributed by atoms with Gasteiger partial charge in [-0.05, 0) is 50.7 Å². The Morgan fingerprint density at radius 2 is 2.03 bits per heavy atom. The van der Waals surface area contributed by atoms with Crippen LogP contribution in [0.3, 0.4) is 0 Å². The van der Waals surface area contributed by atoms with E-state index in [1.165, 1.54) is 4.90 Å². The highest BCUT2D eigenvalue weighted by atomic mass is 35.5. The van der Waals surface area contributed by atoms with E-state index in [1.807, 2.05) is 33.8 Å². The Morgan fingerprint density at radius 1 is 1.31 bits per heavy atom. The van der Waals surface area contributed by atoms with Gasteiger partial charge < -0.3 is 24.8 Å². The molecule has 0 saturated carbocycles. The number of benzene rings is 1. The topological polar surface area (TPSA) is 105 Å². The van der Waals surface area contributed by atoms with E-state index in [2.05, 4.69) is 5.32 Å². The minimum Gasteiger partial charge on any atom is -0.466 e. The minimum atomic E-state index is -1.19. The van der Waals surface area contributed by atoms with Gasteiger partial charge in [0.2, 0.25) is 11.8 Å². The number of aliphatic hydroxyl groups excluding tert-OH is 1. The summed E-state index contributed by atoms with van der Waals surface area (Å²) < 4.78 is 12.1. The summed E-state index contributed by atoms with van der Waals surface area (Å²) in [6.07, 6.45) is 2.23. The van der Waals surface area contributed by atoms with Crippen molar-refractivity contribution < 1.29 is 29.0 Å². The first-order chi connectivity index (χ1) is 17.1. The van der Waals surface area contributed by atoms with E-state index in [0.717, 1.165) is 5.56 Å². The third-order valence-electron chi connectivity index (χ3n) is 8.72. The van der Waals surface area contributed by atoms with Crippen LogP contribution in [0.1, 0.15) is 58.9 Å². The summed E-state index contributed by atoms with van der Waals surface area (Å²) in [4.78, 5) is 43.0. The van der Waals surface area contributed by atoms with E-state index < -0.39 is 47.0 Å². The third-order valence-corrected chi connectivity index (χ3v) is 9.04. The highest BCUT2D eigenvalue weighted by Crippen LogP contribution is 2.65. The van der Waals surface area contributed by atoms with E-state index >= 15 is 0 Å². The highest BCUT2D eigenvalue weighted by Gasteiger charge is 2.79. The molecule has 198 valence electrons. The van der Waals surface area contributed by atoms with E-state index in [9.17, 15) is 19.5 Å². The molecule has 36 heavy (non-hydrogen) atoms. The molecule has 3 fully saturated rings. The number of esters is 1. The molecule has 7 atom stereocenters. The van der Waals surface area contributed by atoms with Gasteiger partial charge in [0.05, 0.1) is 41.5 Å². The van der Waals surface area contributed by atoms with Crippen LogP contribution < -0.4 is 5.32 Å². The number of hydrogen-bond acceptors (Lipinski definition) is 6. The maximum absolute atomic E-state index is 14.2. The Bertz CT molecular complexity index is 1030. The van der Waals surface area contributed by atoms with Gasteiger partial charge in [-0.25, -0.2) is 0 Å². The summed E-state index contributed by atoms with van der Waals surface area (Å²) >= 11 is 6.41. The monoisotopic (exact) mass is 520 g/mol. The number of nitrogens with one attached hydrogen (secondary N) is 1. The number of anilines is 1. The molecular weight excluding hydrogens is 484 g/mol. The molecule has 2 bridgehead atoms.